The molecule has 0 saturated heterocycles. The Morgan fingerprint density at radius 3 is 2.50 bits per heavy atom. The second-order valence-corrected chi connectivity index (χ2v) is 3.36. The van der Waals surface area contributed by atoms with E-state index in [0.717, 1.165) is 0 Å². The Balaban J connectivity index is 2.41. The van der Waals surface area contributed by atoms with Crippen molar-refractivity contribution >= 4 is 17.9 Å². The van der Waals surface area contributed by atoms with Gasteiger partial charge >= 0.3 is 12.0 Å². The molecular weight excluding hydrogens is 240 g/mol. The summed E-state index contributed by atoms with van der Waals surface area (Å²) in [6.45, 7) is -0.0838. The highest BCUT2D eigenvalue weighted by molar-refractivity contribution is 5.85. The summed E-state index contributed by atoms with van der Waals surface area (Å²) in [5.41, 5.74) is 5.41. The van der Waals surface area contributed by atoms with E-state index in [1.807, 2.05) is 0 Å². The summed E-state index contributed by atoms with van der Waals surface area (Å²) in [7, 11) is 0. The van der Waals surface area contributed by atoms with E-state index in [2.05, 4.69) is 15.6 Å². The van der Waals surface area contributed by atoms with Gasteiger partial charge in [-0.1, -0.05) is 6.07 Å². The summed E-state index contributed by atoms with van der Waals surface area (Å²) < 4.78 is 0. The Labute approximate surface area is 102 Å². The van der Waals surface area contributed by atoms with Crippen LogP contribution in [0.15, 0.2) is 18.3 Å². The molecule has 5 N–H and O–H groups in total. The van der Waals surface area contributed by atoms with E-state index in [1.165, 1.54) is 18.3 Å². The molecule has 0 spiro atoms. The van der Waals surface area contributed by atoms with Crippen LogP contribution in [0.25, 0.3) is 0 Å². The molecule has 1 rings (SSSR count). The van der Waals surface area contributed by atoms with Gasteiger partial charge in [-0.05, 0) is 11.6 Å². The smallest absolute Gasteiger partial charge is 0.354 e. The first-order chi connectivity index (χ1) is 8.49. The molecule has 0 aliphatic heterocycles. The number of nitrogens with one attached hydrogen (secondary N) is 2. The summed E-state index contributed by atoms with van der Waals surface area (Å²) in [4.78, 5) is 35.8. The number of hydrogen-bond acceptors (Lipinski definition) is 4. The summed E-state index contributed by atoms with van der Waals surface area (Å²) in [5.74, 6) is -1.76. The normalized spacial score (nSPS) is 9.56. The fraction of sp³-hybridized carbons (Fsp3) is 0.200. The lowest BCUT2D eigenvalue weighted by molar-refractivity contribution is -0.117. The van der Waals surface area contributed by atoms with Crippen molar-refractivity contribution in [1.82, 2.24) is 15.6 Å². The van der Waals surface area contributed by atoms with Crippen molar-refractivity contribution in [3.63, 3.8) is 0 Å². The first-order valence-corrected chi connectivity index (χ1v) is 4.97. The number of pyridine rings is 1. The standard InChI is InChI=1S/C10H12N4O4/c11-8(15)5-14-10(18)13-4-6-1-2-7(9(16)17)12-3-6/h1-3H,4-5H2,(H2,11,15)(H,16,17)(H2,13,14,18). The van der Waals surface area contributed by atoms with Crippen LogP contribution in [-0.4, -0.2) is 34.5 Å². The van der Waals surface area contributed by atoms with Gasteiger partial charge in [0, 0.05) is 12.7 Å². The van der Waals surface area contributed by atoms with Crippen molar-refractivity contribution < 1.29 is 19.5 Å². The van der Waals surface area contributed by atoms with Gasteiger partial charge in [0.15, 0.2) is 0 Å². The second-order valence-electron chi connectivity index (χ2n) is 3.36. The van der Waals surface area contributed by atoms with Gasteiger partial charge in [-0.15, -0.1) is 0 Å². The third-order valence-electron chi connectivity index (χ3n) is 1.92. The van der Waals surface area contributed by atoms with Crippen LogP contribution in [-0.2, 0) is 11.3 Å². The van der Waals surface area contributed by atoms with E-state index < -0.39 is 17.9 Å². The highest BCUT2D eigenvalue weighted by Crippen LogP contribution is 1.99. The minimum Gasteiger partial charge on any atom is -0.477 e. The first-order valence-electron chi connectivity index (χ1n) is 4.97. The van der Waals surface area contributed by atoms with E-state index in [9.17, 15) is 14.4 Å². The molecule has 0 unspecified atom stereocenters. The molecule has 96 valence electrons. The number of rotatable bonds is 5. The van der Waals surface area contributed by atoms with Gasteiger partial charge in [-0.25, -0.2) is 14.6 Å². The van der Waals surface area contributed by atoms with Crippen molar-refractivity contribution in [2.75, 3.05) is 6.54 Å². The molecule has 8 nitrogen and oxygen atoms in total. The number of nitrogens with two attached hydrogens (primary N) is 1. The van der Waals surface area contributed by atoms with Crippen LogP contribution < -0.4 is 16.4 Å². The Kier molecular flexibility index (Phi) is 4.61. The molecule has 1 aromatic heterocycles. The molecule has 8 heteroatoms. The molecular formula is C10H12N4O4. The highest BCUT2D eigenvalue weighted by Gasteiger charge is 2.05. The molecule has 18 heavy (non-hydrogen) atoms. The molecule has 0 aromatic carbocycles. The zero-order valence-electron chi connectivity index (χ0n) is 9.34. The van der Waals surface area contributed by atoms with E-state index in [0.29, 0.717) is 5.56 Å². The van der Waals surface area contributed by atoms with Crippen molar-refractivity contribution in [1.29, 1.82) is 0 Å². The molecule has 1 heterocycles. The zero-order valence-corrected chi connectivity index (χ0v) is 9.34. The van der Waals surface area contributed by atoms with Crippen LogP contribution in [0.1, 0.15) is 16.1 Å². The SMILES string of the molecule is NC(=O)CNC(=O)NCc1ccc(C(=O)O)nc1. The average molecular weight is 252 g/mol. The fourth-order valence-electron chi connectivity index (χ4n) is 1.07. The molecule has 0 aliphatic carbocycles. The van der Waals surface area contributed by atoms with Crippen molar-refractivity contribution in [3.05, 3.63) is 29.6 Å². The largest absolute Gasteiger partial charge is 0.477 e. The number of amides is 3. The number of urea groups is 1. The molecule has 1 aromatic rings. The summed E-state index contributed by atoms with van der Waals surface area (Å²) in [5, 5.41) is 13.3. The Hall–Kier alpha value is -2.64. The number of carboxylic acids is 1. The highest BCUT2D eigenvalue weighted by atomic mass is 16.4. The number of nitrogens with zero attached hydrogens (tertiary/aromatic N) is 1. The van der Waals surface area contributed by atoms with E-state index >= 15 is 0 Å². The van der Waals surface area contributed by atoms with Crippen LogP contribution in [0.4, 0.5) is 4.79 Å². The fourth-order valence-corrected chi connectivity index (χ4v) is 1.07. The van der Waals surface area contributed by atoms with Crippen LogP contribution in [0.3, 0.4) is 0 Å². The minimum atomic E-state index is -1.12. The summed E-state index contributed by atoms with van der Waals surface area (Å²) >= 11 is 0. The topological polar surface area (TPSA) is 134 Å². The molecule has 3 amide bonds. The quantitative estimate of drug-likeness (QED) is 0.536. The lowest BCUT2D eigenvalue weighted by Crippen LogP contribution is -2.40. The number of aromatic nitrogens is 1. The lowest BCUT2D eigenvalue weighted by Gasteiger charge is -2.06. The average Bonchev–Trinajstić information content (AvgIpc) is 2.34. The maximum atomic E-state index is 11.2. The van der Waals surface area contributed by atoms with Crippen molar-refractivity contribution in [2.45, 2.75) is 6.54 Å². The van der Waals surface area contributed by atoms with Crippen LogP contribution in [0.2, 0.25) is 0 Å². The predicted molar refractivity (Wildman–Crippen MR) is 60.6 cm³/mol. The number of carbonyl (C=O) groups is 3. The molecule has 0 aliphatic rings. The van der Waals surface area contributed by atoms with E-state index in [-0.39, 0.29) is 18.8 Å². The third-order valence-corrected chi connectivity index (χ3v) is 1.92. The van der Waals surface area contributed by atoms with Gasteiger partial charge in [0.25, 0.3) is 0 Å². The predicted octanol–water partition coefficient (Wildman–Crippen LogP) is -0.936. The third kappa shape index (κ3) is 4.47. The van der Waals surface area contributed by atoms with Crippen LogP contribution in [0.5, 0.6) is 0 Å². The molecule has 0 radical (unpaired) electrons. The number of aromatic carboxylic acids is 1. The van der Waals surface area contributed by atoms with Crippen molar-refractivity contribution in [3.8, 4) is 0 Å². The lowest BCUT2D eigenvalue weighted by atomic mass is 10.2. The number of hydrogen-bond donors (Lipinski definition) is 4. The Bertz CT molecular complexity index is 457. The zero-order chi connectivity index (χ0) is 13.5. The van der Waals surface area contributed by atoms with Crippen molar-refractivity contribution in [2.24, 2.45) is 5.73 Å². The Morgan fingerprint density at radius 2 is 2.00 bits per heavy atom. The van der Waals surface area contributed by atoms with Gasteiger partial charge in [-0.2, -0.15) is 0 Å². The number of primary amides is 1. The molecule has 0 saturated carbocycles. The molecule has 0 fully saturated rings. The summed E-state index contributed by atoms with van der Waals surface area (Å²) in [6.07, 6.45) is 1.35. The van der Waals surface area contributed by atoms with Gasteiger partial charge in [0.2, 0.25) is 5.91 Å². The Morgan fingerprint density at radius 1 is 1.28 bits per heavy atom. The molecule has 0 bridgehead atoms. The maximum absolute atomic E-state index is 11.2. The van der Waals surface area contributed by atoms with Gasteiger partial charge in [-0.3, -0.25) is 4.79 Å². The minimum absolute atomic E-state index is 0.0723. The number of carboxylic acid groups (broad SMARTS) is 1. The maximum Gasteiger partial charge on any atom is 0.354 e. The van der Waals surface area contributed by atoms with E-state index in [1.54, 1.807) is 0 Å². The summed E-state index contributed by atoms with van der Waals surface area (Å²) in [6, 6.07) is 2.32. The molecule has 0 atom stereocenters. The van der Waals surface area contributed by atoms with Gasteiger partial charge in [0.05, 0.1) is 6.54 Å². The second kappa shape index (κ2) is 6.18. The van der Waals surface area contributed by atoms with E-state index in [4.69, 9.17) is 10.8 Å². The van der Waals surface area contributed by atoms with Gasteiger partial charge in [0.1, 0.15) is 5.69 Å². The van der Waals surface area contributed by atoms with Crippen LogP contribution in [0, 0.1) is 0 Å². The first kappa shape index (κ1) is 13.4. The van der Waals surface area contributed by atoms with Gasteiger partial charge < -0.3 is 21.5 Å². The monoisotopic (exact) mass is 252 g/mol. The number of carbonyl (C=O) groups excluding carboxylic acids is 2. The van der Waals surface area contributed by atoms with Crippen LogP contribution >= 0.6 is 0 Å².